The summed E-state index contributed by atoms with van der Waals surface area (Å²) >= 11 is 0. The van der Waals surface area contributed by atoms with E-state index in [1.165, 1.54) is 12.1 Å². The molecular weight excluding hydrogens is 221 g/mol. The minimum Gasteiger partial charge on any atom is -0.334 e. The van der Waals surface area contributed by atoms with E-state index in [0.717, 1.165) is 25.9 Å². The van der Waals surface area contributed by atoms with Crippen molar-refractivity contribution in [3.63, 3.8) is 0 Å². The molecule has 0 spiro atoms. The van der Waals surface area contributed by atoms with Crippen molar-refractivity contribution in [2.24, 2.45) is 0 Å². The van der Waals surface area contributed by atoms with Crippen molar-refractivity contribution >= 4 is 11.7 Å². The summed E-state index contributed by atoms with van der Waals surface area (Å²) in [5.74, 6) is -0.426. The van der Waals surface area contributed by atoms with E-state index in [1.807, 2.05) is 0 Å². The number of benzene rings is 1. The number of carbonyl (C=O) groups excluding carboxylic acids is 1. The van der Waals surface area contributed by atoms with Crippen LogP contribution in [-0.4, -0.2) is 25.2 Å². The molecule has 1 saturated heterocycles. The zero-order chi connectivity index (χ0) is 12.1. The lowest BCUT2D eigenvalue weighted by Crippen LogP contribution is -2.47. The minimum absolute atomic E-state index is 0.121. The Morgan fingerprint density at radius 1 is 1.41 bits per heavy atom. The number of hydrogen-bond acceptors (Lipinski definition) is 2. The van der Waals surface area contributed by atoms with Gasteiger partial charge in [0.15, 0.2) is 0 Å². The van der Waals surface area contributed by atoms with E-state index in [-0.39, 0.29) is 17.8 Å². The smallest absolute Gasteiger partial charge is 0.319 e. The van der Waals surface area contributed by atoms with E-state index in [4.69, 9.17) is 0 Å². The van der Waals surface area contributed by atoms with Gasteiger partial charge in [0.1, 0.15) is 5.82 Å². The van der Waals surface area contributed by atoms with Crippen LogP contribution in [0.1, 0.15) is 12.8 Å². The number of para-hydroxylation sites is 1. The third kappa shape index (κ3) is 3.42. The lowest BCUT2D eigenvalue weighted by molar-refractivity contribution is 0.245. The SMILES string of the molecule is O=C(Nc1ccccc1F)NC1CCCNC1. The third-order valence-corrected chi connectivity index (χ3v) is 2.75. The van der Waals surface area contributed by atoms with Crippen LogP contribution in [0.25, 0.3) is 0 Å². The third-order valence-electron chi connectivity index (χ3n) is 2.75. The maximum absolute atomic E-state index is 13.3. The van der Waals surface area contributed by atoms with Crippen molar-refractivity contribution in [2.75, 3.05) is 18.4 Å². The van der Waals surface area contributed by atoms with E-state index in [1.54, 1.807) is 12.1 Å². The second kappa shape index (κ2) is 5.63. The first kappa shape index (κ1) is 11.9. The van der Waals surface area contributed by atoms with Gasteiger partial charge in [-0.05, 0) is 31.5 Å². The Kier molecular flexibility index (Phi) is 3.93. The van der Waals surface area contributed by atoms with E-state index in [9.17, 15) is 9.18 Å². The van der Waals surface area contributed by atoms with Crippen molar-refractivity contribution in [3.8, 4) is 0 Å². The molecule has 1 heterocycles. The zero-order valence-electron chi connectivity index (χ0n) is 9.50. The van der Waals surface area contributed by atoms with Crippen molar-refractivity contribution in [2.45, 2.75) is 18.9 Å². The van der Waals surface area contributed by atoms with Crippen LogP contribution < -0.4 is 16.0 Å². The van der Waals surface area contributed by atoms with Gasteiger partial charge in [-0.3, -0.25) is 0 Å². The van der Waals surface area contributed by atoms with Crippen LogP contribution in [-0.2, 0) is 0 Å². The fourth-order valence-electron chi connectivity index (χ4n) is 1.88. The van der Waals surface area contributed by atoms with Crippen molar-refractivity contribution < 1.29 is 9.18 Å². The summed E-state index contributed by atoms with van der Waals surface area (Å²) in [4.78, 5) is 11.6. The highest BCUT2D eigenvalue weighted by molar-refractivity contribution is 5.89. The van der Waals surface area contributed by atoms with Gasteiger partial charge in [0.25, 0.3) is 0 Å². The number of hydrogen-bond donors (Lipinski definition) is 3. The molecule has 3 N–H and O–H groups in total. The zero-order valence-corrected chi connectivity index (χ0v) is 9.50. The summed E-state index contributed by atoms with van der Waals surface area (Å²) in [5, 5.41) is 8.52. The normalized spacial score (nSPS) is 19.7. The van der Waals surface area contributed by atoms with Crippen LogP contribution >= 0.6 is 0 Å². The molecule has 5 heteroatoms. The molecule has 1 aliphatic heterocycles. The maximum atomic E-state index is 13.3. The molecular formula is C12H16FN3O. The van der Waals surface area contributed by atoms with Gasteiger partial charge in [0, 0.05) is 12.6 Å². The number of halogens is 1. The van der Waals surface area contributed by atoms with Crippen LogP contribution in [0.5, 0.6) is 0 Å². The molecule has 2 amide bonds. The van der Waals surface area contributed by atoms with E-state index >= 15 is 0 Å². The second-order valence-corrected chi connectivity index (χ2v) is 4.12. The largest absolute Gasteiger partial charge is 0.334 e. The van der Waals surface area contributed by atoms with Crippen molar-refractivity contribution in [3.05, 3.63) is 30.1 Å². The molecule has 4 nitrogen and oxygen atoms in total. The lowest BCUT2D eigenvalue weighted by atomic mass is 10.1. The van der Waals surface area contributed by atoms with Crippen LogP contribution in [0.2, 0.25) is 0 Å². The second-order valence-electron chi connectivity index (χ2n) is 4.12. The van der Waals surface area contributed by atoms with Crippen LogP contribution in [0.4, 0.5) is 14.9 Å². The molecule has 1 unspecified atom stereocenters. The number of urea groups is 1. The molecule has 0 aliphatic carbocycles. The number of nitrogens with one attached hydrogen (secondary N) is 3. The minimum atomic E-state index is -0.426. The molecule has 0 radical (unpaired) electrons. The number of amides is 2. The van der Waals surface area contributed by atoms with Crippen molar-refractivity contribution in [1.82, 2.24) is 10.6 Å². The highest BCUT2D eigenvalue weighted by Crippen LogP contribution is 2.12. The van der Waals surface area contributed by atoms with Gasteiger partial charge < -0.3 is 16.0 Å². The molecule has 1 aliphatic rings. The standard InChI is InChI=1S/C12H16FN3O/c13-10-5-1-2-6-11(10)16-12(17)15-9-4-3-7-14-8-9/h1-2,5-6,9,14H,3-4,7-8H2,(H2,15,16,17). The first-order chi connectivity index (χ1) is 8.25. The Hall–Kier alpha value is -1.62. The summed E-state index contributed by atoms with van der Waals surface area (Å²) < 4.78 is 13.3. The molecule has 1 aromatic rings. The molecule has 0 bridgehead atoms. The monoisotopic (exact) mass is 237 g/mol. The van der Waals surface area contributed by atoms with Crippen LogP contribution in [0, 0.1) is 5.82 Å². The molecule has 0 aromatic heterocycles. The summed E-state index contributed by atoms with van der Waals surface area (Å²) in [6.45, 7) is 1.76. The fourth-order valence-corrected chi connectivity index (χ4v) is 1.88. The number of rotatable bonds is 2. The predicted octanol–water partition coefficient (Wildman–Crippen LogP) is 1.70. The predicted molar refractivity (Wildman–Crippen MR) is 64.4 cm³/mol. The molecule has 17 heavy (non-hydrogen) atoms. The fraction of sp³-hybridized carbons (Fsp3) is 0.417. The molecule has 92 valence electrons. The van der Waals surface area contributed by atoms with Crippen molar-refractivity contribution in [1.29, 1.82) is 0 Å². The molecule has 1 aromatic carbocycles. The summed E-state index contributed by atoms with van der Waals surface area (Å²) in [6.07, 6.45) is 2.00. The quantitative estimate of drug-likeness (QED) is 0.733. The van der Waals surface area contributed by atoms with Gasteiger partial charge in [-0.1, -0.05) is 12.1 Å². The Morgan fingerprint density at radius 3 is 2.94 bits per heavy atom. The number of carbonyl (C=O) groups is 1. The lowest BCUT2D eigenvalue weighted by Gasteiger charge is -2.23. The molecule has 1 fully saturated rings. The Balaban J connectivity index is 1.86. The van der Waals surface area contributed by atoms with Gasteiger partial charge in [0.2, 0.25) is 0 Å². The van der Waals surface area contributed by atoms with Gasteiger partial charge >= 0.3 is 6.03 Å². The summed E-state index contributed by atoms with van der Waals surface area (Å²) in [5.41, 5.74) is 0.203. The average molecular weight is 237 g/mol. The number of piperidine rings is 1. The van der Waals surface area contributed by atoms with E-state index in [0.29, 0.717) is 0 Å². The molecule has 1 atom stereocenters. The highest BCUT2D eigenvalue weighted by atomic mass is 19.1. The average Bonchev–Trinajstić information content (AvgIpc) is 2.33. The Labute approximate surface area is 99.6 Å². The van der Waals surface area contributed by atoms with Gasteiger partial charge in [0.05, 0.1) is 5.69 Å². The van der Waals surface area contributed by atoms with Gasteiger partial charge in [-0.15, -0.1) is 0 Å². The first-order valence-electron chi connectivity index (χ1n) is 5.78. The number of anilines is 1. The van der Waals surface area contributed by atoms with E-state index < -0.39 is 5.82 Å². The first-order valence-corrected chi connectivity index (χ1v) is 5.78. The van der Waals surface area contributed by atoms with Gasteiger partial charge in [-0.25, -0.2) is 9.18 Å². The van der Waals surface area contributed by atoms with Crippen LogP contribution in [0.3, 0.4) is 0 Å². The topological polar surface area (TPSA) is 53.2 Å². The van der Waals surface area contributed by atoms with Crippen LogP contribution in [0.15, 0.2) is 24.3 Å². The summed E-state index contributed by atoms with van der Waals surface area (Å²) in [7, 11) is 0. The summed E-state index contributed by atoms with van der Waals surface area (Å²) in [6, 6.07) is 5.88. The Bertz CT molecular complexity index is 391. The van der Waals surface area contributed by atoms with E-state index in [2.05, 4.69) is 16.0 Å². The molecule has 0 saturated carbocycles. The van der Waals surface area contributed by atoms with Gasteiger partial charge in [-0.2, -0.15) is 0 Å². The molecule has 2 rings (SSSR count). The highest BCUT2D eigenvalue weighted by Gasteiger charge is 2.15. The Morgan fingerprint density at radius 2 is 2.24 bits per heavy atom. The maximum Gasteiger partial charge on any atom is 0.319 e.